The van der Waals surface area contributed by atoms with Gasteiger partial charge >= 0.3 is 11.8 Å². The molecule has 0 saturated carbocycles. The summed E-state index contributed by atoms with van der Waals surface area (Å²) in [6.45, 7) is 0.190. The maximum Gasteiger partial charge on any atom is 0.316 e. The van der Waals surface area contributed by atoms with Gasteiger partial charge in [-0.3, -0.25) is 0 Å². The fraction of sp³-hybridized carbons (Fsp3) is 0.158. The summed E-state index contributed by atoms with van der Waals surface area (Å²) >= 11 is 0. The van der Waals surface area contributed by atoms with Crippen LogP contribution in [0.2, 0.25) is 0 Å². The summed E-state index contributed by atoms with van der Waals surface area (Å²) in [7, 11) is 3.13. The van der Waals surface area contributed by atoms with E-state index < -0.39 is 0 Å². The van der Waals surface area contributed by atoms with Crippen LogP contribution >= 0.6 is 0 Å². The number of aromatic nitrogens is 4. The molecule has 2 aromatic heterocycles. The highest BCUT2D eigenvalue weighted by Gasteiger charge is 2.21. The van der Waals surface area contributed by atoms with Gasteiger partial charge in [0.25, 0.3) is 0 Å². The van der Waals surface area contributed by atoms with E-state index in [9.17, 15) is 0 Å². The van der Waals surface area contributed by atoms with Gasteiger partial charge in [-0.25, -0.2) is 0 Å². The molecule has 0 amide bonds. The van der Waals surface area contributed by atoms with Crippen LogP contribution in [0.4, 0.5) is 0 Å². The first-order valence-corrected chi connectivity index (χ1v) is 8.55. The van der Waals surface area contributed by atoms with Gasteiger partial charge in [-0.15, -0.1) is 0 Å². The summed E-state index contributed by atoms with van der Waals surface area (Å²) in [5.41, 5.74) is 1.35. The highest BCUT2D eigenvalue weighted by atomic mass is 16.7. The second-order valence-electron chi connectivity index (χ2n) is 5.98. The van der Waals surface area contributed by atoms with Crippen LogP contribution in [0.3, 0.4) is 0 Å². The number of methoxy groups -OCH3 is 2. The molecule has 1 aliphatic rings. The minimum absolute atomic E-state index is 0.0948. The van der Waals surface area contributed by atoms with E-state index in [1.54, 1.807) is 44.6 Å². The third-order valence-electron chi connectivity index (χ3n) is 4.32. The molecule has 2 aromatic carbocycles. The number of ether oxygens (including phenoxy) is 4. The minimum Gasteiger partial charge on any atom is -0.497 e. The highest BCUT2D eigenvalue weighted by Crippen LogP contribution is 2.36. The zero-order valence-corrected chi connectivity index (χ0v) is 15.4. The van der Waals surface area contributed by atoms with Crippen LogP contribution in [0, 0.1) is 0 Å². The van der Waals surface area contributed by atoms with E-state index in [-0.39, 0.29) is 18.6 Å². The Labute approximate surface area is 164 Å². The largest absolute Gasteiger partial charge is 0.497 e. The van der Waals surface area contributed by atoms with Crippen LogP contribution in [-0.4, -0.2) is 41.3 Å². The molecule has 0 spiro atoms. The van der Waals surface area contributed by atoms with Gasteiger partial charge in [-0.2, -0.15) is 9.97 Å². The van der Waals surface area contributed by atoms with E-state index in [4.69, 9.17) is 28.0 Å². The van der Waals surface area contributed by atoms with Crippen LogP contribution in [0.5, 0.6) is 23.0 Å². The molecular weight excluding hydrogens is 380 g/mol. The van der Waals surface area contributed by atoms with E-state index in [1.807, 2.05) is 6.07 Å². The predicted octanol–water partition coefficient (Wildman–Crippen LogP) is 3.20. The van der Waals surface area contributed by atoms with Crippen molar-refractivity contribution >= 4 is 0 Å². The molecule has 0 N–H and O–H groups in total. The van der Waals surface area contributed by atoms with Gasteiger partial charge in [-0.05, 0) is 30.3 Å². The minimum atomic E-state index is 0.0948. The van der Waals surface area contributed by atoms with Gasteiger partial charge in [0.1, 0.15) is 11.5 Å². The maximum atomic E-state index is 5.38. The number of nitrogens with zero attached hydrogens (tertiary/aromatic N) is 4. The number of fused-ring (bicyclic) bond motifs is 1. The van der Waals surface area contributed by atoms with Gasteiger partial charge in [0.2, 0.25) is 18.4 Å². The Morgan fingerprint density at radius 3 is 2.34 bits per heavy atom. The quantitative estimate of drug-likeness (QED) is 0.500. The van der Waals surface area contributed by atoms with Crippen molar-refractivity contribution in [2.45, 2.75) is 0 Å². The molecule has 0 radical (unpaired) electrons. The SMILES string of the molecule is COc1ccc(-c2noc(-c3nc(-c4ccc5c(c4)OCO5)no3)n2)c(OC)c1. The second kappa shape index (κ2) is 6.82. The summed E-state index contributed by atoms with van der Waals surface area (Å²) in [5, 5.41) is 7.96. The predicted molar refractivity (Wildman–Crippen MR) is 97.7 cm³/mol. The second-order valence-corrected chi connectivity index (χ2v) is 5.98. The Hall–Kier alpha value is -4.08. The first kappa shape index (κ1) is 17.0. The Bertz CT molecular complexity index is 1190. The van der Waals surface area contributed by atoms with Gasteiger partial charge in [0.15, 0.2) is 11.5 Å². The van der Waals surface area contributed by atoms with Crippen molar-refractivity contribution in [1.82, 2.24) is 20.3 Å². The van der Waals surface area contributed by atoms with Crippen molar-refractivity contribution in [2.75, 3.05) is 21.0 Å². The molecule has 0 bridgehead atoms. The van der Waals surface area contributed by atoms with E-state index in [0.29, 0.717) is 45.8 Å². The molecule has 10 nitrogen and oxygen atoms in total. The van der Waals surface area contributed by atoms with Crippen LogP contribution in [0.1, 0.15) is 0 Å². The fourth-order valence-electron chi connectivity index (χ4n) is 2.87. The van der Waals surface area contributed by atoms with Crippen molar-refractivity contribution < 1.29 is 28.0 Å². The third-order valence-corrected chi connectivity index (χ3v) is 4.32. The number of hydrogen-bond acceptors (Lipinski definition) is 10. The average Bonchev–Trinajstić information content (AvgIpc) is 3.52. The third kappa shape index (κ3) is 3.00. The summed E-state index contributed by atoms with van der Waals surface area (Å²) in [5.74, 6) is 3.37. The molecule has 0 atom stereocenters. The lowest BCUT2D eigenvalue weighted by Crippen LogP contribution is -1.92. The van der Waals surface area contributed by atoms with Crippen molar-refractivity contribution in [1.29, 1.82) is 0 Å². The van der Waals surface area contributed by atoms with Gasteiger partial charge < -0.3 is 28.0 Å². The maximum absolute atomic E-state index is 5.38. The van der Waals surface area contributed by atoms with Gasteiger partial charge in [0, 0.05) is 11.6 Å². The molecule has 3 heterocycles. The molecule has 4 aromatic rings. The Kier molecular flexibility index (Phi) is 4.01. The first-order chi connectivity index (χ1) is 14.2. The van der Waals surface area contributed by atoms with Crippen molar-refractivity contribution in [3.63, 3.8) is 0 Å². The summed E-state index contributed by atoms with van der Waals surface area (Å²) in [6.07, 6.45) is 0. The van der Waals surface area contributed by atoms with E-state index in [1.165, 1.54) is 0 Å². The molecule has 5 rings (SSSR count). The smallest absolute Gasteiger partial charge is 0.316 e. The Morgan fingerprint density at radius 1 is 0.793 bits per heavy atom. The first-order valence-electron chi connectivity index (χ1n) is 8.55. The Balaban J connectivity index is 1.45. The van der Waals surface area contributed by atoms with Crippen LogP contribution in [0.15, 0.2) is 45.4 Å². The lowest BCUT2D eigenvalue weighted by atomic mass is 10.2. The van der Waals surface area contributed by atoms with Crippen molar-refractivity contribution in [3.05, 3.63) is 36.4 Å². The van der Waals surface area contributed by atoms with Gasteiger partial charge in [-0.1, -0.05) is 10.3 Å². The average molecular weight is 394 g/mol. The Morgan fingerprint density at radius 2 is 1.55 bits per heavy atom. The monoisotopic (exact) mass is 394 g/mol. The van der Waals surface area contributed by atoms with Crippen molar-refractivity contribution in [2.24, 2.45) is 0 Å². The molecule has 0 aliphatic carbocycles. The molecule has 29 heavy (non-hydrogen) atoms. The highest BCUT2D eigenvalue weighted by molar-refractivity contribution is 5.67. The normalized spacial score (nSPS) is 12.2. The molecule has 1 aliphatic heterocycles. The number of rotatable bonds is 5. The number of hydrogen-bond donors (Lipinski definition) is 0. The van der Waals surface area contributed by atoms with E-state index in [2.05, 4.69) is 20.3 Å². The van der Waals surface area contributed by atoms with Crippen LogP contribution in [0.25, 0.3) is 34.6 Å². The summed E-state index contributed by atoms with van der Waals surface area (Å²) in [6, 6.07) is 10.7. The zero-order valence-electron chi connectivity index (χ0n) is 15.4. The summed E-state index contributed by atoms with van der Waals surface area (Å²) in [4.78, 5) is 8.67. The van der Waals surface area contributed by atoms with Crippen LogP contribution < -0.4 is 18.9 Å². The van der Waals surface area contributed by atoms with E-state index in [0.717, 1.165) is 0 Å². The topological polar surface area (TPSA) is 115 Å². The molecule has 0 fully saturated rings. The van der Waals surface area contributed by atoms with E-state index >= 15 is 0 Å². The molecule has 10 heteroatoms. The standard InChI is InChI=1S/C19H14N4O6/c1-24-11-4-5-12(14(8-11)25-2)17-21-19(29-23-17)18-20-16(22-28-18)10-3-6-13-15(7-10)27-9-26-13/h3-8H,9H2,1-2H3. The summed E-state index contributed by atoms with van der Waals surface area (Å²) < 4.78 is 31.8. The van der Waals surface area contributed by atoms with Gasteiger partial charge in [0.05, 0.1) is 19.8 Å². The van der Waals surface area contributed by atoms with Crippen LogP contribution in [-0.2, 0) is 0 Å². The fourth-order valence-corrected chi connectivity index (χ4v) is 2.87. The molecule has 146 valence electrons. The van der Waals surface area contributed by atoms with Crippen molar-refractivity contribution in [3.8, 4) is 57.6 Å². The lowest BCUT2D eigenvalue weighted by Gasteiger charge is -2.07. The molecular formula is C19H14N4O6. The zero-order chi connectivity index (χ0) is 19.8. The lowest BCUT2D eigenvalue weighted by molar-refractivity contribution is 0.174. The number of benzene rings is 2. The molecule has 0 unspecified atom stereocenters. The molecule has 0 saturated heterocycles.